The van der Waals surface area contributed by atoms with Crippen LogP contribution in [0.3, 0.4) is 0 Å². The largest absolute Gasteiger partial charge is 0.497 e. The van der Waals surface area contributed by atoms with Crippen LogP contribution in [-0.4, -0.2) is 41.9 Å². The Morgan fingerprint density at radius 1 is 1.05 bits per heavy atom. The third kappa shape index (κ3) is 4.96. The molecule has 1 atom stereocenters. The van der Waals surface area contributed by atoms with Gasteiger partial charge in [-0.25, -0.2) is 0 Å². The number of benzene rings is 3. The molecule has 1 N–H and O–H groups in total. The van der Waals surface area contributed by atoms with E-state index in [1.807, 2.05) is 13.0 Å². The summed E-state index contributed by atoms with van der Waals surface area (Å²) in [7, 11) is 2.89. The lowest BCUT2D eigenvalue weighted by Crippen LogP contribution is -2.47. The quantitative estimate of drug-likeness (QED) is 0.334. The maximum absolute atomic E-state index is 15.2. The summed E-state index contributed by atoms with van der Waals surface area (Å²) in [6.45, 7) is 2.14. The molecule has 41 heavy (non-hydrogen) atoms. The fourth-order valence-corrected chi connectivity index (χ4v) is 4.79. The Kier molecular flexibility index (Phi) is 7.15. The number of hydrogen-bond acceptors (Lipinski definition) is 6. The second-order valence-electron chi connectivity index (χ2n) is 9.44. The number of anilines is 2. The lowest BCUT2D eigenvalue weighted by Gasteiger charge is -2.34. The van der Waals surface area contributed by atoms with Gasteiger partial charge in [0.15, 0.2) is 0 Å². The maximum atomic E-state index is 15.2. The highest BCUT2D eigenvalue weighted by Gasteiger charge is 2.37. The number of nitrogens with zero attached hydrogens (tertiary/aromatic N) is 4. The number of carbonyl (C=O) groups is 2. The molecule has 2 amide bonds. The number of carbonyl (C=O) groups excluding carboxylic acids is 2. The number of nitrogens with one attached hydrogen (secondary N) is 1. The minimum atomic E-state index is -3.26. The van der Waals surface area contributed by atoms with Gasteiger partial charge >= 0.3 is 0 Å². The minimum Gasteiger partial charge on any atom is -0.497 e. The topological polar surface area (TPSA) is 109 Å². The number of nitriles is 1. The third-order valence-corrected chi connectivity index (χ3v) is 6.93. The van der Waals surface area contributed by atoms with Crippen molar-refractivity contribution in [2.75, 3.05) is 24.4 Å². The van der Waals surface area contributed by atoms with Crippen LogP contribution >= 0.6 is 0 Å². The molecule has 0 spiro atoms. The molecule has 1 aliphatic rings. The van der Waals surface area contributed by atoms with Gasteiger partial charge in [0.1, 0.15) is 23.3 Å². The molecule has 1 unspecified atom stereocenters. The van der Waals surface area contributed by atoms with Crippen molar-refractivity contribution >= 4 is 23.2 Å². The Morgan fingerprint density at radius 3 is 2.32 bits per heavy atom. The molecule has 1 aromatic heterocycles. The number of amides is 2. The van der Waals surface area contributed by atoms with Gasteiger partial charge in [-0.2, -0.15) is 19.1 Å². The Hall–Kier alpha value is -5.24. The van der Waals surface area contributed by atoms with Crippen molar-refractivity contribution in [1.29, 1.82) is 5.26 Å². The number of aromatic nitrogens is 2. The summed E-state index contributed by atoms with van der Waals surface area (Å²) in [5, 5.41) is 16.3. The van der Waals surface area contributed by atoms with Crippen LogP contribution < -0.4 is 19.7 Å². The predicted molar refractivity (Wildman–Crippen MR) is 147 cm³/mol. The first-order valence-corrected chi connectivity index (χ1v) is 12.6. The number of hydrogen-bond donors (Lipinski definition) is 1. The molecule has 208 valence electrons. The molecule has 0 radical (unpaired) electrons. The van der Waals surface area contributed by atoms with E-state index in [-0.39, 0.29) is 39.7 Å². The highest BCUT2D eigenvalue weighted by atomic mass is 19.3. The van der Waals surface area contributed by atoms with E-state index >= 15 is 8.78 Å². The minimum absolute atomic E-state index is 0.151. The van der Waals surface area contributed by atoms with Crippen LogP contribution in [0.25, 0.3) is 0 Å². The average Bonchev–Trinajstić information content (AvgIpc) is 3.39. The number of rotatable bonds is 7. The molecule has 2 heterocycles. The molecular weight excluding hydrogens is 532 g/mol. The van der Waals surface area contributed by atoms with Gasteiger partial charge in [-0.05, 0) is 61.5 Å². The lowest BCUT2D eigenvalue weighted by atomic mass is 9.99. The molecule has 0 saturated heterocycles. The zero-order valence-electron chi connectivity index (χ0n) is 22.4. The first kappa shape index (κ1) is 27.3. The van der Waals surface area contributed by atoms with Gasteiger partial charge in [-0.1, -0.05) is 12.1 Å². The van der Waals surface area contributed by atoms with Crippen molar-refractivity contribution in [2.45, 2.75) is 25.4 Å². The van der Waals surface area contributed by atoms with Crippen LogP contribution in [0.15, 0.2) is 72.9 Å². The zero-order valence-corrected chi connectivity index (χ0v) is 22.4. The highest BCUT2D eigenvalue weighted by molar-refractivity contribution is 6.13. The van der Waals surface area contributed by atoms with Crippen LogP contribution in [0.2, 0.25) is 0 Å². The van der Waals surface area contributed by atoms with Crippen molar-refractivity contribution in [3.05, 3.63) is 101 Å². The van der Waals surface area contributed by atoms with Crippen LogP contribution in [-0.2, 0) is 12.5 Å². The average molecular weight is 558 g/mol. The Balaban J connectivity index is 1.39. The van der Waals surface area contributed by atoms with Crippen molar-refractivity contribution < 1.29 is 27.8 Å². The fraction of sp³-hybridized carbons (Fsp3) is 0.200. The van der Waals surface area contributed by atoms with E-state index in [2.05, 4.69) is 10.4 Å². The van der Waals surface area contributed by atoms with Crippen LogP contribution in [0.4, 0.5) is 20.2 Å². The van der Waals surface area contributed by atoms with E-state index in [1.165, 1.54) is 96.7 Å². The molecule has 5 rings (SSSR count). The van der Waals surface area contributed by atoms with Crippen LogP contribution in [0.1, 0.15) is 44.5 Å². The second kappa shape index (κ2) is 10.7. The van der Waals surface area contributed by atoms with Crippen molar-refractivity contribution in [3.8, 4) is 17.6 Å². The van der Waals surface area contributed by atoms with Gasteiger partial charge in [0.2, 0.25) is 0 Å². The number of methoxy groups -OCH3 is 2. The zero-order chi connectivity index (χ0) is 29.3. The molecule has 4 aromatic rings. The number of alkyl halides is 2. The second-order valence-corrected chi connectivity index (χ2v) is 9.44. The van der Waals surface area contributed by atoms with Crippen molar-refractivity contribution in [1.82, 2.24) is 9.78 Å². The third-order valence-electron chi connectivity index (χ3n) is 6.93. The van der Waals surface area contributed by atoms with E-state index in [0.29, 0.717) is 23.7 Å². The van der Waals surface area contributed by atoms with Crippen LogP contribution in [0.5, 0.6) is 11.5 Å². The molecule has 0 bridgehead atoms. The maximum Gasteiger partial charge on any atom is 0.298 e. The van der Waals surface area contributed by atoms with E-state index < -0.39 is 17.7 Å². The monoisotopic (exact) mass is 557 g/mol. The molecule has 0 fully saturated rings. The van der Waals surface area contributed by atoms with E-state index in [1.54, 1.807) is 0 Å². The number of halogens is 2. The van der Waals surface area contributed by atoms with Gasteiger partial charge < -0.3 is 19.7 Å². The van der Waals surface area contributed by atoms with Gasteiger partial charge in [0.05, 0.1) is 44.3 Å². The lowest BCUT2D eigenvalue weighted by molar-refractivity contribution is 0.0428. The normalized spacial score (nSPS) is 14.7. The fourth-order valence-electron chi connectivity index (χ4n) is 4.79. The molecular formula is C30H25F2N5O4. The van der Waals surface area contributed by atoms with E-state index in [0.717, 1.165) is 0 Å². The summed E-state index contributed by atoms with van der Waals surface area (Å²) in [4.78, 5) is 28.1. The number of ether oxygens (including phenoxy) is 2. The predicted octanol–water partition coefficient (Wildman–Crippen LogP) is 5.21. The summed E-state index contributed by atoms with van der Waals surface area (Å²) in [6, 6.07) is 17.2. The SMILES string of the molecule is COc1ccc(C(F)(F)c2ccc(N3C(=O)c4c(NC(=O)c5ccc(OC)c(C#N)c5)cnn4CC3C)cc2)cc1. The summed E-state index contributed by atoms with van der Waals surface area (Å²) in [6.07, 6.45) is 1.38. The standard InChI is InChI=1S/C30H25F2N5O4/c1-18-17-36-27(25(16-34-36)35-28(38)19-4-13-26(41-3)20(14-19)15-33)29(39)37(18)23-9-5-21(6-10-23)30(31,32)22-7-11-24(40-2)12-8-22/h4-14,16,18H,17H2,1-3H3,(H,35,38). The number of fused-ring (bicyclic) bond motifs is 1. The molecule has 11 heteroatoms. The first-order chi connectivity index (χ1) is 19.7. The van der Waals surface area contributed by atoms with Crippen molar-refractivity contribution in [3.63, 3.8) is 0 Å². The molecule has 3 aromatic carbocycles. The Labute approximate surface area is 234 Å². The van der Waals surface area contributed by atoms with Gasteiger partial charge in [-0.15, -0.1) is 0 Å². The Morgan fingerprint density at radius 2 is 1.71 bits per heavy atom. The van der Waals surface area contributed by atoms with E-state index in [4.69, 9.17) is 9.47 Å². The first-order valence-electron chi connectivity index (χ1n) is 12.6. The van der Waals surface area contributed by atoms with E-state index in [9.17, 15) is 14.9 Å². The Bertz CT molecular complexity index is 1660. The van der Waals surface area contributed by atoms with Crippen LogP contribution in [0, 0.1) is 11.3 Å². The summed E-state index contributed by atoms with van der Waals surface area (Å²) in [5.74, 6) is -3.44. The molecule has 9 nitrogen and oxygen atoms in total. The van der Waals surface area contributed by atoms with Gasteiger partial charge in [0, 0.05) is 22.4 Å². The van der Waals surface area contributed by atoms with Gasteiger partial charge in [0.25, 0.3) is 17.7 Å². The summed E-state index contributed by atoms with van der Waals surface area (Å²) < 4.78 is 42.1. The smallest absolute Gasteiger partial charge is 0.298 e. The summed E-state index contributed by atoms with van der Waals surface area (Å²) in [5.41, 5.74) is 0.745. The highest BCUT2D eigenvalue weighted by Crippen LogP contribution is 2.38. The summed E-state index contributed by atoms with van der Waals surface area (Å²) >= 11 is 0. The van der Waals surface area contributed by atoms with Crippen molar-refractivity contribution in [2.24, 2.45) is 0 Å². The van der Waals surface area contributed by atoms with Gasteiger partial charge in [-0.3, -0.25) is 14.3 Å². The molecule has 0 aliphatic carbocycles. The molecule has 0 saturated carbocycles. The molecule has 1 aliphatic heterocycles.